The van der Waals surface area contributed by atoms with E-state index in [9.17, 15) is 0 Å². The Balaban J connectivity index is 2.17. The Labute approximate surface area is 118 Å². The molecule has 2 N–H and O–H groups in total. The molecule has 20 heavy (non-hydrogen) atoms. The average molecular weight is 274 g/mol. The van der Waals surface area contributed by atoms with Gasteiger partial charge in [-0.25, -0.2) is 0 Å². The van der Waals surface area contributed by atoms with Crippen LogP contribution < -0.4 is 19.9 Å². The third-order valence-corrected chi connectivity index (χ3v) is 2.86. The second kappa shape index (κ2) is 6.77. The number of hydrogen-bond acceptors (Lipinski definition) is 5. The van der Waals surface area contributed by atoms with Crippen LogP contribution in [0.2, 0.25) is 0 Å². The summed E-state index contributed by atoms with van der Waals surface area (Å²) in [6.45, 7) is 0.804. The zero-order chi connectivity index (χ0) is 14.4. The van der Waals surface area contributed by atoms with Crippen molar-refractivity contribution in [2.75, 3.05) is 14.2 Å². The molecule has 0 unspecified atom stereocenters. The predicted molar refractivity (Wildman–Crippen MR) is 76.0 cm³/mol. The Morgan fingerprint density at radius 2 is 1.80 bits per heavy atom. The summed E-state index contributed by atoms with van der Waals surface area (Å²) in [4.78, 5) is 4.15. The van der Waals surface area contributed by atoms with Gasteiger partial charge in [0.1, 0.15) is 6.61 Å². The fourth-order valence-electron chi connectivity index (χ4n) is 1.84. The molecule has 1 aromatic carbocycles. The first-order valence-corrected chi connectivity index (χ1v) is 6.26. The number of rotatable bonds is 6. The summed E-state index contributed by atoms with van der Waals surface area (Å²) in [5, 5.41) is 0. The molecule has 5 heteroatoms. The molecule has 1 heterocycles. The molecule has 2 aromatic rings. The third kappa shape index (κ3) is 3.19. The van der Waals surface area contributed by atoms with Gasteiger partial charge < -0.3 is 19.9 Å². The molecule has 0 aliphatic carbocycles. The van der Waals surface area contributed by atoms with E-state index in [4.69, 9.17) is 19.9 Å². The molecule has 0 amide bonds. The normalized spacial score (nSPS) is 10.2. The lowest BCUT2D eigenvalue weighted by molar-refractivity contribution is 0.265. The molecule has 0 spiro atoms. The van der Waals surface area contributed by atoms with Gasteiger partial charge in [0.15, 0.2) is 11.5 Å². The Bertz CT molecular complexity index is 551. The fourth-order valence-corrected chi connectivity index (χ4v) is 1.84. The minimum absolute atomic E-state index is 0.395. The smallest absolute Gasteiger partial charge is 0.203 e. The van der Waals surface area contributed by atoms with Crippen LogP contribution in [0.4, 0.5) is 0 Å². The Morgan fingerprint density at radius 1 is 1.10 bits per heavy atom. The van der Waals surface area contributed by atoms with Crippen LogP contribution in [0.5, 0.6) is 17.2 Å². The Hall–Kier alpha value is -2.27. The summed E-state index contributed by atoms with van der Waals surface area (Å²) in [7, 11) is 3.20. The van der Waals surface area contributed by atoms with Crippen LogP contribution in [0.3, 0.4) is 0 Å². The summed E-state index contributed by atoms with van der Waals surface area (Å²) in [5.74, 6) is 1.86. The molecule has 5 nitrogen and oxygen atoms in total. The van der Waals surface area contributed by atoms with E-state index in [0.717, 1.165) is 11.3 Å². The lowest BCUT2D eigenvalue weighted by Crippen LogP contribution is -2.03. The standard InChI is InChI=1S/C15H18N2O3/c1-18-13-4-3-5-14(19-2)15(13)20-10-11-6-7-17-12(8-11)9-16/h3-8H,9-10,16H2,1-2H3. The first-order valence-electron chi connectivity index (χ1n) is 6.26. The molecule has 0 saturated carbocycles. The lowest BCUT2D eigenvalue weighted by atomic mass is 10.2. The van der Waals surface area contributed by atoms with Crippen LogP contribution in [0, 0.1) is 0 Å². The molecule has 0 fully saturated rings. The zero-order valence-corrected chi connectivity index (χ0v) is 11.6. The van der Waals surface area contributed by atoms with Crippen LogP contribution in [0.25, 0.3) is 0 Å². The molecule has 2 rings (SSSR count). The largest absolute Gasteiger partial charge is 0.493 e. The fraction of sp³-hybridized carbons (Fsp3) is 0.267. The maximum absolute atomic E-state index is 5.82. The first-order chi connectivity index (χ1) is 9.78. The van der Waals surface area contributed by atoms with Crippen molar-refractivity contribution in [3.05, 3.63) is 47.8 Å². The second-order valence-corrected chi connectivity index (χ2v) is 4.14. The van der Waals surface area contributed by atoms with Crippen molar-refractivity contribution >= 4 is 0 Å². The number of nitrogens with two attached hydrogens (primary N) is 1. The van der Waals surface area contributed by atoms with Gasteiger partial charge in [-0.1, -0.05) is 6.07 Å². The van der Waals surface area contributed by atoms with E-state index in [1.54, 1.807) is 20.4 Å². The van der Waals surface area contributed by atoms with Gasteiger partial charge in [-0.05, 0) is 29.8 Å². The summed E-state index contributed by atoms with van der Waals surface area (Å²) in [5.41, 5.74) is 7.40. The maximum Gasteiger partial charge on any atom is 0.203 e. The van der Waals surface area contributed by atoms with Gasteiger partial charge in [-0.2, -0.15) is 0 Å². The minimum atomic E-state index is 0.395. The highest BCUT2D eigenvalue weighted by molar-refractivity contribution is 5.51. The first kappa shape index (κ1) is 14.1. The van der Waals surface area contributed by atoms with Crippen LogP contribution >= 0.6 is 0 Å². The number of hydrogen-bond donors (Lipinski definition) is 1. The summed E-state index contributed by atoms with van der Waals surface area (Å²) in [6.07, 6.45) is 1.72. The van der Waals surface area contributed by atoms with E-state index in [2.05, 4.69) is 4.98 Å². The molecule has 1 aromatic heterocycles. The molecule has 0 atom stereocenters. The van der Waals surface area contributed by atoms with E-state index in [0.29, 0.717) is 30.4 Å². The average Bonchev–Trinajstić information content (AvgIpc) is 2.52. The summed E-state index contributed by atoms with van der Waals surface area (Å²) >= 11 is 0. The van der Waals surface area contributed by atoms with Crippen molar-refractivity contribution in [2.45, 2.75) is 13.2 Å². The van der Waals surface area contributed by atoms with Crippen molar-refractivity contribution in [3.8, 4) is 17.2 Å². The monoisotopic (exact) mass is 274 g/mol. The van der Waals surface area contributed by atoms with Gasteiger partial charge in [0.2, 0.25) is 5.75 Å². The Morgan fingerprint density at radius 3 is 2.40 bits per heavy atom. The molecular formula is C15H18N2O3. The molecule has 0 radical (unpaired) electrons. The Kier molecular flexibility index (Phi) is 4.79. The van der Waals surface area contributed by atoms with Gasteiger partial charge >= 0.3 is 0 Å². The number of nitrogens with zero attached hydrogens (tertiary/aromatic N) is 1. The zero-order valence-electron chi connectivity index (χ0n) is 11.6. The topological polar surface area (TPSA) is 66.6 Å². The number of ether oxygens (including phenoxy) is 3. The van der Waals surface area contributed by atoms with Gasteiger partial charge in [-0.3, -0.25) is 4.98 Å². The van der Waals surface area contributed by atoms with E-state index >= 15 is 0 Å². The lowest BCUT2D eigenvalue weighted by Gasteiger charge is -2.14. The number of benzene rings is 1. The van der Waals surface area contributed by atoms with Gasteiger partial charge in [0.25, 0.3) is 0 Å². The number of methoxy groups -OCH3 is 2. The van der Waals surface area contributed by atoms with Crippen molar-refractivity contribution in [3.63, 3.8) is 0 Å². The molecule has 0 bridgehead atoms. The maximum atomic E-state index is 5.82. The van der Waals surface area contributed by atoms with Gasteiger partial charge in [0.05, 0.1) is 19.9 Å². The summed E-state index contributed by atoms with van der Waals surface area (Å²) < 4.78 is 16.4. The molecule has 0 saturated heterocycles. The molecule has 0 aliphatic rings. The van der Waals surface area contributed by atoms with Crippen LogP contribution in [-0.2, 0) is 13.2 Å². The van der Waals surface area contributed by atoms with Crippen LogP contribution in [0.1, 0.15) is 11.3 Å². The van der Waals surface area contributed by atoms with Crippen molar-refractivity contribution in [2.24, 2.45) is 5.73 Å². The highest BCUT2D eigenvalue weighted by Gasteiger charge is 2.11. The van der Waals surface area contributed by atoms with E-state index in [1.165, 1.54) is 0 Å². The van der Waals surface area contributed by atoms with Crippen molar-refractivity contribution in [1.29, 1.82) is 0 Å². The SMILES string of the molecule is COc1cccc(OC)c1OCc1ccnc(CN)c1. The number of pyridine rings is 1. The molecular weight excluding hydrogens is 256 g/mol. The predicted octanol–water partition coefficient (Wildman–Crippen LogP) is 2.14. The van der Waals surface area contributed by atoms with Crippen molar-refractivity contribution in [1.82, 2.24) is 4.98 Å². The highest BCUT2D eigenvalue weighted by Crippen LogP contribution is 2.37. The van der Waals surface area contributed by atoms with E-state index in [-0.39, 0.29) is 0 Å². The minimum Gasteiger partial charge on any atom is -0.493 e. The molecule has 106 valence electrons. The van der Waals surface area contributed by atoms with Crippen LogP contribution in [0.15, 0.2) is 36.5 Å². The second-order valence-electron chi connectivity index (χ2n) is 4.14. The summed E-state index contributed by atoms with van der Waals surface area (Å²) in [6, 6.07) is 9.32. The van der Waals surface area contributed by atoms with Crippen molar-refractivity contribution < 1.29 is 14.2 Å². The highest BCUT2D eigenvalue weighted by atomic mass is 16.5. The van der Waals surface area contributed by atoms with Crippen LogP contribution in [-0.4, -0.2) is 19.2 Å². The van der Waals surface area contributed by atoms with E-state index in [1.807, 2.05) is 30.3 Å². The molecule has 0 aliphatic heterocycles. The van der Waals surface area contributed by atoms with E-state index < -0.39 is 0 Å². The quantitative estimate of drug-likeness (QED) is 0.874. The van der Waals surface area contributed by atoms with Gasteiger partial charge in [0, 0.05) is 12.7 Å². The number of aromatic nitrogens is 1. The van der Waals surface area contributed by atoms with Gasteiger partial charge in [-0.15, -0.1) is 0 Å². The number of para-hydroxylation sites is 1. The third-order valence-electron chi connectivity index (χ3n) is 2.86.